The van der Waals surface area contributed by atoms with Crippen LogP contribution in [-0.2, 0) is 6.54 Å². The molecule has 2 heterocycles. The van der Waals surface area contributed by atoms with E-state index in [2.05, 4.69) is 15.4 Å². The van der Waals surface area contributed by atoms with Crippen molar-refractivity contribution >= 4 is 38.8 Å². The van der Waals surface area contributed by atoms with Crippen molar-refractivity contribution in [3.63, 3.8) is 0 Å². The fourth-order valence-corrected chi connectivity index (χ4v) is 2.90. The van der Waals surface area contributed by atoms with E-state index in [0.29, 0.717) is 23.6 Å². The Morgan fingerprint density at radius 1 is 1.48 bits per heavy atom. The molecule has 7 heteroatoms. The molecule has 0 radical (unpaired) electrons. The lowest BCUT2D eigenvalue weighted by molar-refractivity contribution is 0.101. The summed E-state index contributed by atoms with van der Waals surface area (Å²) in [6.45, 7) is 4.31. The average molecular weight is 301 g/mol. The minimum Gasteiger partial charge on any atom is -0.395 e. The zero-order valence-corrected chi connectivity index (χ0v) is 12.6. The molecule has 0 saturated heterocycles. The fourth-order valence-electron chi connectivity index (χ4n) is 2.19. The molecule has 0 bridgehead atoms. The Balaban J connectivity index is 1.92. The molecule has 3 rings (SSSR count). The summed E-state index contributed by atoms with van der Waals surface area (Å²) in [6, 6.07) is 5.61. The molecule has 0 fully saturated rings. The standard InChI is InChI=1S/C14H15N5OS/c1-3-19-13(12(15)8(2)18-19)14(20)17-9-4-5-10-11(6-9)21-7-16-10/h4-7H,3,15H2,1-2H3,(H,17,20). The predicted octanol–water partition coefficient (Wildman–Crippen LogP) is 2.66. The van der Waals surface area contributed by atoms with Crippen molar-refractivity contribution in [3.05, 3.63) is 35.1 Å². The molecule has 0 atom stereocenters. The molecular formula is C14H15N5OS. The molecule has 2 aromatic heterocycles. The SMILES string of the molecule is CCn1nc(C)c(N)c1C(=O)Nc1ccc2ncsc2c1. The van der Waals surface area contributed by atoms with E-state index in [1.54, 1.807) is 17.1 Å². The molecule has 21 heavy (non-hydrogen) atoms. The van der Waals surface area contributed by atoms with E-state index in [-0.39, 0.29) is 5.91 Å². The molecular weight excluding hydrogens is 286 g/mol. The van der Waals surface area contributed by atoms with E-state index in [0.717, 1.165) is 15.9 Å². The number of nitrogens with one attached hydrogen (secondary N) is 1. The van der Waals surface area contributed by atoms with Gasteiger partial charge in [-0.2, -0.15) is 5.10 Å². The highest BCUT2D eigenvalue weighted by Crippen LogP contribution is 2.23. The van der Waals surface area contributed by atoms with Crippen molar-refractivity contribution in [1.29, 1.82) is 0 Å². The number of hydrogen-bond acceptors (Lipinski definition) is 5. The van der Waals surface area contributed by atoms with E-state index in [9.17, 15) is 4.79 Å². The number of carbonyl (C=O) groups excluding carboxylic acids is 1. The second kappa shape index (κ2) is 5.17. The van der Waals surface area contributed by atoms with Gasteiger partial charge in [-0.05, 0) is 32.0 Å². The van der Waals surface area contributed by atoms with Crippen molar-refractivity contribution < 1.29 is 4.79 Å². The van der Waals surface area contributed by atoms with Gasteiger partial charge in [-0.25, -0.2) is 4.98 Å². The number of benzene rings is 1. The average Bonchev–Trinajstić information content (AvgIpc) is 3.03. The monoisotopic (exact) mass is 301 g/mol. The molecule has 0 spiro atoms. The lowest BCUT2D eigenvalue weighted by Crippen LogP contribution is -2.18. The quantitative estimate of drug-likeness (QED) is 0.778. The van der Waals surface area contributed by atoms with Gasteiger partial charge in [-0.3, -0.25) is 9.48 Å². The van der Waals surface area contributed by atoms with Crippen LogP contribution in [0.1, 0.15) is 23.1 Å². The lowest BCUT2D eigenvalue weighted by atomic mass is 10.2. The number of carbonyl (C=O) groups is 1. The summed E-state index contributed by atoms with van der Waals surface area (Å²) < 4.78 is 2.64. The van der Waals surface area contributed by atoms with Gasteiger partial charge < -0.3 is 11.1 Å². The first-order valence-corrected chi connectivity index (χ1v) is 7.45. The highest BCUT2D eigenvalue weighted by atomic mass is 32.1. The van der Waals surface area contributed by atoms with E-state index in [1.165, 1.54) is 11.3 Å². The van der Waals surface area contributed by atoms with Crippen LogP contribution in [0.2, 0.25) is 0 Å². The maximum Gasteiger partial charge on any atom is 0.276 e. The van der Waals surface area contributed by atoms with Crippen molar-refractivity contribution in [2.45, 2.75) is 20.4 Å². The van der Waals surface area contributed by atoms with Crippen LogP contribution >= 0.6 is 11.3 Å². The molecule has 0 aliphatic carbocycles. The maximum absolute atomic E-state index is 12.4. The molecule has 0 unspecified atom stereocenters. The Morgan fingerprint density at radius 3 is 3.05 bits per heavy atom. The van der Waals surface area contributed by atoms with E-state index < -0.39 is 0 Å². The van der Waals surface area contributed by atoms with Crippen LogP contribution in [0, 0.1) is 6.92 Å². The second-order valence-corrected chi connectivity index (χ2v) is 5.54. The Bertz CT molecular complexity index is 820. The first kappa shape index (κ1) is 13.6. The lowest BCUT2D eigenvalue weighted by Gasteiger charge is -2.07. The van der Waals surface area contributed by atoms with Crippen LogP contribution < -0.4 is 11.1 Å². The number of fused-ring (bicyclic) bond motifs is 1. The van der Waals surface area contributed by atoms with Crippen LogP contribution in [0.4, 0.5) is 11.4 Å². The van der Waals surface area contributed by atoms with Gasteiger partial charge in [0.1, 0.15) is 5.69 Å². The normalized spacial score (nSPS) is 11.0. The van der Waals surface area contributed by atoms with E-state index >= 15 is 0 Å². The van der Waals surface area contributed by atoms with Gasteiger partial charge >= 0.3 is 0 Å². The van der Waals surface area contributed by atoms with Crippen molar-refractivity contribution in [2.75, 3.05) is 11.1 Å². The zero-order valence-electron chi connectivity index (χ0n) is 11.8. The molecule has 0 aliphatic heterocycles. The van der Waals surface area contributed by atoms with Gasteiger partial charge in [-0.1, -0.05) is 0 Å². The Kier molecular flexibility index (Phi) is 3.34. The number of aromatic nitrogens is 3. The number of nitrogens with two attached hydrogens (primary N) is 1. The van der Waals surface area contributed by atoms with Crippen molar-refractivity contribution in [2.24, 2.45) is 0 Å². The van der Waals surface area contributed by atoms with Crippen LogP contribution in [0.25, 0.3) is 10.2 Å². The third-order valence-electron chi connectivity index (χ3n) is 3.28. The van der Waals surface area contributed by atoms with Crippen molar-refractivity contribution in [3.8, 4) is 0 Å². The zero-order chi connectivity index (χ0) is 15.0. The Morgan fingerprint density at radius 2 is 2.29 bits per heavy atom. The van der Waals surface area contributed by atoms with Crippen molar-refractivity contribution in [1.82, 2.24) is 14.8 Å². The molecule has 6 nitrogen and oxygen atoms in total. The number of hydrogen-bond donors (Lipinski definition) is 2. The molecule has 1 amide bonds. The summed E-state index contributed by atoms with van der Waals surface area (Å²) >= 11 is 1.53. The summed E-state index contributed by atoms with van der Waals surface area (Å²) in [5.74, 6) is -0.251. The summed E-state index contributed by atoms with van der Waals surface area (Å²) in [5, 5.41) is 7.12. The number of anilines is 2. The largest absolute Gasteiger partial charge is 0.395 e. The smallest absolute Gasteiger partial charge is 0.276 e. The molecule has 3 N–H and O–H groups in total. The first-order chi connectivity index (χ1) is 10.1. The molecule has 1 aromatic carbocycles. The molecule has 0 saturated carbocycles. The van der Waals surface area contributed by atoms with Crippen LogP contribution in [0.3, 0.4) is 0 Å². The Hall–Kier alpha value is -2.41. The summed E-state index contributed by atoms with van der Waals surface area (Å²) in [5.41, 5.74) is 10.9. The first-order valence-electron chi connectivity index (χ1n) is 6.57. The number of thiazole rings is 1. The highest BCUT2D eigenvalue weighted by Gasteiger charge is 2.19. The van der Waals surface area contributed by atoms with Gasteiger partial charge in [0.15, 0.2) is 0 Å². The minimum atomic E-state index is -0.251. The van der Waals surface area contributed by atoms with Crippen LogP contribution in [0.15, 0.2) is 23.7 Å². The van der Waals surface area contributed by atoms with Crippen LogP contribution in [0.5, 0.6) is 0 Å². The van der Waals surface area contributed by atoms with Gasteiger partial charge in [0.2, 0.25) is 0 Å². The second-order valence-electron chi connectivity index (χ2n) is 4.65. The summed E-state index contributed by atoms with van der Waals surface area (Å²) in [7, 11) is 0. The van der Waals surface area contributed by atoms with Gasteiger partial charge in [0.25, 0.3) is 5.91 Å². The van der Waals surface area contributed by atoms with E-state index in [4.69, 9.17) is 5.73 Å². The highest BCUT2D eigenvalue weighted by molar-refractivity contribution is 7.16. The van der Waals surface area contributed by atoms with E-state index in [1.807, 2.05) is 25.1 Å². The number of amides is 1. The summed E-state index contributed by atoms with van der Waals surface area (Å²) in [4.78, 5) is 16.7. The molecule has 0 aliphatic rings. The van der Waals surface area contributed by atoms with Gasteiger partial charge in [0, 0.05) is 12.2 Å². The van der Waals surface area contributed by atoms with Gasteiger partial charge in [0.05, 0.1) is 27.1 Å². The number of rotatable bonds is 3. The minimum absolute atomic E-state index is 0.251. The third kappa shape index (κ3) is 2.36. The molecule has 3 aromatic rings. The topological polar surface area (TPSA) is 85.8 Å². The number of nitrogen functional groups attached to an aromatic ring is 1. The third-order valence-corrected chi connectivity index (χ3v) is 4.07. The Labute approximate surface area is 125 Å². The number of nitrogens with zero attached hydrogens (tertiary/aromatic N) is 3. The van der Waals surface area contributed by atoms with Crippen LogP contribution in [-0.4, -0.2) is 20.7 Å². The summed E-state index contributed by atoms with van der Waals surface area (Å²) in [6.07, 6.45) is 0. The van der Waals surface area contributed by atoms with Gasteiger partial charge in [-0.15, -0.1) is 11.3 Å². The number of aryl methyl sites for hydroxylation is 2. The fraction of sp³-hybridized carbons (Fsp3) is 0.214. The molecule has 108 valence electrons. The predicted molar refractivity (Wildman–Crippen MR) is 84.6 cm³/mol. The maximum atomic E-state index is 12.4.